The van der Waals surface area contributed by atoms with Gasteiger partial charge in [0.2, 0.25) is 5.91 Å². The SMILES string of the molecule is CN(C)C(=O)C1CCN(C(=O)c2oc3ccccc3c2COc2ccccc2)CC1. The van der Waals surface area contributed by atoms with Crippen LogP contribution < -0.4 is 4.74 Å². The Morgan fingerprint density at radius 1 is 1.03 bits per heavy atom. The van der Waals surface area contributed by atoms with Crippen LogP contribution in [0.3, 0.4) is 0 Å². The van der Waals surface area contributed by atoms with Crippen molar-refractivity contribution in [3.8, 4) is 5.75 Å². The van der Waals surface area contributed by atoms with Crippen molar-refractivity contribution in [3.63, 3.8) is 0 Å². The van der Waals surface area contributed by atoms with E-state index < -0.39 is 0 Å². The first-order valence-electron chi connectivity index (χ1n) is 10.2. The quantitative estimate of drug-likeness (QED) is 0.644. The van der Waals surface area contributed by atoms with E-state index in [9.17, 15) is 9.59 Å². The highest BCUT2D eigenvalue weighted by molar-refractivity contribution is 5.99. The number of carbonyl (C=O) groups is 2. The highest BCUT2D eigenvalue weighted by atomic mass is 16.5. The number of hydrogen-bond donors (Lipinski definition) is 0. The molecule has 3 aromatic rings. The summed E-state index contributed by atoms with van der Waals surface area (Å²) in [5, 5.41) is 0.884. The van der Waals surface area contributed by atoms with Gasteiger partial charge in [-0.3, -0.25) is 9.59 Å². The lowest BCUT2D eigenvalue weighted by molar-refractivity contribution is -0.134. The van der Waals surface area contributed by atoms with Gasteiger partial charge in [0, 0.05) is 44.1 Å². The third-order valence-corrected chi connectivity index (χ3v) is 5.59. The molecule has 1 aromatic heterocycles. The van der Waals surface area contributed by atoms with Crippen LogP contribution in [-0.2, 0) is 11.4 Å². The zero-order valence-corrected chi connectivity index (χ0v) is 17.3. The molecular formula is C24H26N2O4. The second-order valence-corrected chi connectivity index (χ2v) is 7.81. The number of hydrogen-bond acceptors (Lipinski definition) is 4. The second kappa shape index (κ2) is 8.61. The lowest BCUT2D eigenvalue weighted by Crippen LogP contribution is -2.42. The number of benzene rings is 2. The summed E-state index contributed by atoms with van der Waals surface area (Å²) >= 11 is 0. The van der Waals surface area contributed by atoms with Crippen molar-refractivity contribution in [2.45, 2.75) is 19.4 Å². The molecule has 1 aliphatic heterocycles. The van der Waals surface area contributed by atoms with E-state index in [0.717, 1.165) is 16.7 Å². The number of carbonyl (C=O) groups excluding carboxylic acids is 2. The maximum absolute atomic E-state index is 13.3. The molecule has 0 atom stereocenters. The molecule has 1 fully saturated rings. The maximum Gasteiger partial charge on any atom is 0.290 e. The smallest absolute Gasteiger partial charge is 0.290 e. The van der Waals surface area contributed by atoms with Crippen LogP contribution in [0.4, 0.5) is 0 Å². The fourth-order valence-electron chi connectivity index (χ4n) is 3.93. The maximum atomic E-state index is 13.3. The minimum atomic E-state index is -0.145. The van der Waals surface area contributed by atoms with Crippen LogP contribution in [0.2, 0.25) is 0 Å². The van der Waals surface area contributed by atoms with Gasteiger partial charge in [-0.1, -0.05) is 36.4 Å². The van der Waals surface area contributed by atoms with Crippen molar-refractivity contribution in [1.82, 2.24) is 9.80 Å². The first-order chi connectivity index (χ1) is 14.5. The third-order valence-electron chi connectivity index (χ3n) is 5.59. The Bertz CT molecular complexity index is 1030. The lowest BCUT2D eigenvalue weighted by Gasteiger charge is -2.32. The average Bonchev–Trinajstić information content (AvgIpc) is 3.16. The molecule has 0 unspecified atom stereocenters. The van der Waals surface area contributed by atoms with E-state index in [1.54, 1.807) is 23.9 Å². The van der Waals surface area contributed by atoms with Crippen molar-refractivity contribution >= 4 is 22.8 Å². The van der Waals surface area contributed by atoms with E-state index in [-0.39, 0.29) is 24.3 Å². The number of fused-ring (bicyclic) bond motifs is 1. The number of nitrogens with zero attached hydrogens (tertiary/aromatic N) is 2. The standard InChI is InChI=1S/C24H26N2O4/c1-25(2)23(27)17-12-14-26(15-13-17)24(28)22-20(16-29-18-8-4-3-5-9-18)19-10-6-7-11-21(19)30-22/h3-11,17H,12-16H2,1-2H3. The van der Waals surface area contributed by atoms with Gasteiger partial charge >= 0.3 is 0 Å². The van der Waals surface area contributed by atoms with Crippen LogP contribution in [0.5, 0.6) is 5.75 Å². The number of furan rings is 1. The molecule has 2 amide bonds. The second-order valence-electron chi connectivity index (χ2n) is 7.81. The van der Waals surface area contributed by atoms with Crippen LogP contribution in [0, 0.1) is 5.92 Å². The Hall–Kier alpha value is -3.28. The molecular weight excluding hydrogens is 380 g/mol. The lowest BCUT2D eigenvalue weighted by atomic mass is 9.95. The summed E-state index contributed by atoms with van der Waals surface area (Å²) in [5.74, 6) is 1.02. The minimum Gasteiger partial charge on any atom is -0.489 e. The molecule has 156 valence electrons. The molecule has 30 heavy (non-hydrogen) atoms. The number of likely N-dealkylation sites (tertiary alicyclic amines) is 1. The summed E-state index contributed by atoms with van der Waals surface area (Å²) in [5.41, 5.74) is 1.43. The van der Waals surface area contributed by atoms with Crippen molar-refractivity contribution in [3.05, 3.63) is 65.9 Å². The highest BCUT2D eigenvalue weighted by Crippen LogP contribution is 2.29. The highest BCUT2D eigenvalue weighted by Gasteiger charge is 2.31. The van der Waals surface area contributed by atoms with E-state index in [1.807, 2.05) is 54.6 Å². The van der Waals surface area contributed by atoms with Gasteiger partial charge in [0.05, 0.1) is 0 Å². The Labute approximate surface area is 176 Å². The van der Waals surface area contributed by atoms with Gasteiger partial charge in [-0.2, -0.15) is 0 Å². The number of piperidine rings is 1. The largest absolute Gasteiger partial charge is 0.489 e. The molecule has 0 N–H and O–H groups in total. The molecule has 2 aromatic carbocycles. The Morgan fingerprint density at radius 3 is 2.40 bits per heavy atom. The molecule has 6 nitrogen and oxygen atoms in total. The predicted molar refractivity (Wildman–Crippen MR) is 114 cm³/mol. The molecule has 0 radical (unpaired) electrons. The number of ether oxygens (including phenoxy) is 1. The van der Waals surface area contributed by atoms with Gasteiger partial charge in [0.1, 0.15) is 17.9 Å². The van der Waals surface area contributed by atoms with E-state index in [4.69, 9.17) is 9.15 Å². The van der Waals surface area contributed by atoms with Gasteiger partial charge in [-0.25, -0.2) is 0 Å². The molecule has 4 rings (SSSR count). The third kappa shape index (κ3) is 4.03. The van der Waals surface area contributed by atoms with Crippen LogP contribution in [0.25, 0.3) is 11.0 Å². The van der Waals surface area contributed by atoms with Gasteiger partial charge < -0.3 is 19.0 Å². The number of rotatable bonds is 5. The van der Waals surface area contributed by atoms with Gasteiger partial charge in [-0.15, -0.1) is 0 Å². The first kappa shape index (κ1) is 20.0. The Morgan fingerprint density at radius 2 is 1.70 bits per heavy atom. The normalized spacial score (nSPS) is 14.7. The summed E-state index contributed by atoms with van der Waals surface area (Å²) in [6.07, 6.45) is 1.33. The van der Waals surface area contributed by atoms with Crippen LogP contribution in [0.15, 0.2) is 59.0 Å². The van der Waals surface area contributed by atoms with E-state index in [2.05, 4.69) is 0 Å². The monoisotopic (exact) mass is 406 g/mol. The van der Waals surface area contributed by atoms with Crippen LogP contribution in [0.1, 0.15) is 29.0 Å². The molecule has 0 aliphatic carbocycles. The van der Waals surface area contributed by atoms with E-state index >= 15 is 0 Å². The van der Waals surface area contributed by atoms with E-state index in [1.165, 1.54) is 0 Å². The molecule has 0 bridgehead atoms. The molecule has 0 spiro atoms. The summed E-state index contributed by atoms with van der Waals surface area (Å²) in [6, 6.07) is 17.1. The van der Waals surface area contributed by atoms with Crippen molar-refractivity contribution < 1.29 is 18.7 Å². The number of amides is 2. The van der Waals surface area contributed by atoms with E-state index in [0.29, 0.717) is 37.3 Å². The van der Waals surface area contributed by atoms with Crippen molar-refractivity contribution in [2.24, 2.45) is 5.92 Å². The van der Waals surface area contributed by atoms with Gasteiger partial charge in [-0.05, 0) is 31.0 Å². The molecule has 6 heteroatoms. The predicted octanol–water partition coefficient (Wildman–Crippen LogP) is 3.95. The fraction of sp³-hybridized carbons (Fsp3) is 0.333. The van der Waals surface area contributed by atoms with Crippen LogP contribution in [-0.4, -0.2) is 48.8 Å². The Kier molecular flexibility index (Phi) is 5.74. The first-order valence-corrected chi connectivity index (χ1v) is 10.2. The van der Waals surface area contributed by atoms with Crippen molar-refractivity contribution in [1.29, 1.82) is 0 Å². The molecule has 1 saturated heterocycles. The molecule has 1 aliphatic rings. The van der Waals surface area contributed by atoms with Gasteiger partial charge in [0.25, 0.3) is 5.91 Å². The van der Waals surface area contributed by atoms with Gasteiger partial charge in [0.15, 0.2) is 5.76 Å². The molecule has 0 saturated carbocycles. The van der Waals surface area contributed by atoms with Crippen LogP contribution >= 0.6 is 0 Å². The summed E-state index contributed by atoms with van der Waals surface area (Å²) in [4.78, 5) is 28.9. The summed E-state index contributed by atoms with van der Waals surface area (Å²) in [7, 11) is 3.54. The Balaban J connectivity index is 1.54. The summed E-state index contributed by atoms with van der Waals surface area (Å²) in [6.45, 7) is 1.33. The summed E-state index contributed by atoms with van der Waals surface area (Å²) < 4.78 is 11.9. The zero-order chi connectivity index (χ0) is 21.1. The fourth-order valence-corrected chi connectivity index (χ4v) is 3.93. The topological polar surface area (TPSA) is 63.0 Å². The average molecular weight is 406 g/mol. The van der Waals surface area contributed by atoms with Crippen molar-refractivity contribution in [2.75, 3.05) is 27.2 Å². The zero-order valence-electron chi connectivity index (χ0n) is 17.3. The number of para-hydroxylation sites is 2. The minimum absolute atomic E-state index is 0.0272. The molecule has 2 heterocycles.